The maximum absolute atomic E-state index is 11.9. The maximum Gasteiger partial charge on any atom is 0.344 e. The molecule has 0 aliphatic carbocycles. The van der Waals surface area contributed by atoms with Gasteiger partial charge in [-0.15, -0.1) is 11.8 Å². The van der Waals surface area contributed by atoms with E-state index in [0.29, 0.717) is 0 Å². The summed E-state index contributed by atoms with van der Waals surface area (Å²) >= 11 is 1.30. The summed E-state index contributed by atoms with van der Waals surface area (Å²) in [6.45, 7) is -0.440. The second-order valence-corrected chi connectivity index (χ2v) is 5.28. The highest BCUT2D eigenvalue weighted by atomic mass is 32.2. The molecule has 0 fully saturated rings. The fraction of sp³-hybridized carbons (Fsp3) is 0.308. The number of ether oxygens (including phenoxy) is 2. The summed E-state index contributed by atoms with van der Waals surface area (Å²) in [6.07, 6.45) is -0.0954. The van der Waals surface area contributed by atoms with E-state index >= 15 is 0 Å². The second kappa shape index (κ2) is 6.42. The number of thioether (sulfide) groups is 1. The average molecular weight is 295 g/mol. The van der Waals surface area contributed by atoms with Gasteiger partial charge in [-0.1, -0.05) is 12.1 Å². The first kappa shape index (κ1) is 14.4. The fourth-order valence-electron chi connectivity index (χ4n) is 1.64. The Bertz CT molecular complexity index is 545. The summed E-state index contributed by atoms with van der Waals surface area (Å²) in [7, 11) is 1.21. The maximum atomic E-state index is 11.9. The number of methoxy groups -OCH3 is 1. The Morgan fingerprint density at radius 1 is 1.30 bits per heavy atom. The van der Waals surface area contributed by atoms with E-state index in [0.717, 1.165) is 10.6 Å². The summed E-state index contributed by atoms with van der Waals surface area (Å²) in [5.41, 5.74) is 0.738. The van der Waals surface area contributed by atoms with E-state index < -0.39 is 23.8 Å². The first-order valence-electron chi connectivity index (χ1n) is 5.89. The largest absolute Gasteiger partial charge is 0.466 e. The SMILES string of the molecule is COC(=O)COC(=O)C[C@@H]1Sc2ccccc2NC1=O. The molecule has 1 N–H and O–H groups in total. The topological polar surface area (TPSA) is 81.7 Å². The van der Waals surface area contributed by atoms with E-state index in [4.69, 9.17) is 4.74 Å². The van der Waals surface area contributed by atoms with Crippen molar-refractivity contribution in [2.45, 2.75) is 16.6 Å². The van der Waals surface area contributed by atoms with Gasteiger partial charge in [-0.3, -0.25) is 9.59 Å². The van der Waals surface area contributed by atoms with Gasteiger partial charge < -0.3 is 14.8 Å². The number of amides is 1. The number of rotatable bonds is 4. The number of esters is 2. The lowest BCUT2D eigenvalue weighted by Gasteiger charge is -2.23. The molecule has 0 spiro atoms. The molecular weight excluding hydrogens is 282 g/mol. The van der Waals surface area contributed by atoms with Crippen molar-refractivity contribution in [1.82, 2.24) is 0 Å². The van der Waals surface area contributed by atoms with Crippen molar-refractivity contribution < 1.29 is 23.9 Å². The average Bonchev–Trinajstić information content (AvgIpc) is 2.45. The summed E-state index contributed by atoms with van der Waals surface area (Å²) in [4.78, 5) is 35.2. The number of para-hydroxylation sites is 1. The number of carbonyl (C=O) groups is 3. The van der Waals surface area contributed by atoms with Crippen molar-refractivity contribution in [3.63, 3.8) is 0 Å². The molecule has 0 aromatic heterocycles. The Labute approximate surface area is 119 Å². The minimum Gasteiger partial charge on any atom is -0.466 e. The number of hydrogen-bond donors (Lipinski definition) is 1. The zero-order chi connectivity index (χ0) is 14.5. The highest BCUT2D eigenvalue weighted by Gasteiger charge is 2.29. The summed E-state index contributed by atoms with van der Waals surface area (Å²) in [5, 5.41) is 2.17. The Kier molecular flexibility index (Phi) is 4.62. The van der Waals surface area contributed by atoms with E-state index in [1.54, 1.807) is 6.07 Å². The van der Waals surface area contributed by atoms with Crippen molar-refractivity contribution in [2.75, 3.05) is 19.0 Å². The van der Waals surface area contributed by atoms with Crippen molar-refractivity contribution >= 4 is 35.3 Å². The molecule has 2 rings (SSSR count). The van der Waals surface area contributed by atoms with Crippen LogP contribution in [-0.2, 0) is 23.9 Å². The van der Waals surface area contributed by atoms with E-state index in [9.17, 15) is 14.4 Å². The molecule has 1 heterocycles. The molecule has 106 valence electrons. The third-order valence-electron chi connectivity index (χ3n) is 2.64. The molecule has 7 heteroatoms. The quantitative estimate of drug-likeness (QED) is 0.841. The van der Waals surface area contributed by atoms with Crippen LogP contribution < -0.4 is 5.32 Å². The van der Waals surface area contributed by atoms with Gasteiger partial charge in [0.1, 0.15) is 0 Å². The normalized spacial score (nSPS) is 16.9. The minimum absolute atomic E-state index is 0.0954. The third kappa shape index (κ3) is 3.51. The van der Waals surface area contributed by atoms with Crippen LogP contribution in [0, 0.1) is 0 Å². The van der Waals surface area contributed by atoms with Gasteiger partial charge in [0, 0.05) is 4.90 Å². The predicted octanol–water partition coefficient (Wildman–Crippen LogP) is 1.21. The second-order valence-electron chi connectivity index (χ2n) is 4.03. The van der Waals surface area contributed by atoms with Gasteiger partial charge in [0.25, 0.3) is 0 Å². The Morgan fingerprint density at radius 2 is 2.05 bits per heavy atom. The van der Waals surface area contributed by atoms with E-state index in [1.165, 1.54) is 18.9 Å². The highest BCUT2D eigenvalue weighted by molar-refractivity contribution is 8.01. The number of anilines is 1. The number of carbonyl (C=O) groups excluding carboxylic acids is 3. The lowest BCUT2D eigenvalue weighted by atomic mass is 10.2. The van der Waals surface area contributed by atoms with Crippen LogP contribution in [0.5, 0.6) is 0 Å². The van der Waals surface area contributed by atoms with Crippen LogP contribution in [0.4, 0.5) is 5.69 Å². The van der Waals surface area contributed by atoms with Crippen molar-refractivity contribution in [3.8, 4) is 0 Å². The Hall–Kier alpha value is -2.02. The molecule has 0 radical (unpaired) electrons. The summed E-state index contributed by atoms with van der Waals surface area (Å²) < 4.78 is 9.08. The molecule has 1 aliphatic heterocycles. The standard InChI is InChI=1S/C13H13NO5S/c1-18-12(16)7-19-11(15)6-10-13(17)14-8-4-2-3-5-9(8)20-10/h2-5,10H,6-7H2,1H3,(H,14,17)/t10-/m0/s1. The monoisotopic (exact) mass is 295 g/mol. The zero-order valence-electron chi connectivity index (χ0n) is 10.8. The summed E-state index contributed by atoms with van der Waals surface area (Å²) in [6, 6.07) is 7.35. The van der Waals surface area contributed by atoms with Crippen molar-refractivity contribution in [1.29, 1.82) is 0 Å². The molecule has 0 bridgehead atoms. The molecule has 1 aromatic carbocycles. The molecule has 6 nitrogen and oxygen atoms in total. The smallest absolute Gasteiger partial charge is 0.344 e. The molecule has 1 amide bonds. The fourth-order valence-corrected chi connectivity index (χ4v) is 2.73. The van der Waals surface area contributed by atoms with Crippen LogP contribution in [0.15, 0.2) is 29.2 Å². The minimum atomic E-state index is -0.635. The third-order valence-corrected chi connectivity index (χ3v) is 3.91. The van der Waals surface area contributed by atoms with Gasteiger partial charge in [0.15, 0.2) is 6.61 Å². The van der Waals surface area contributed by atoms with Crippen LogP contribution >= 0.6 is 11.8 Å². The molecule has 1 aromatic rings. The van der Waals surface area contributed by atoms with Crippen molar-refractivity contribution in [3.05, 3.63) is 24.3 Å². The first-order chi connectivity index (χ1) is 9.60. The molecular formula is C13H13NO5S. The number of fused-ring (bicyclic) bond motifs is 1. The number of benzene rings is 1. The van der Waals surface area contributed by atoms with Gasteiger partial charge in [-0.25, -0.2) is 4.79 Å². The number of hydrogen-bond acceptors (Lipinski definition) is 6. The first-order valence-corrected chi connectivity index (χ1v) is 6.77. The van der Waals surface area contributed by atoms with Gasteiger partial charge in [-0.2, -0.15) is 0 Å². The zero-order valence-corrected chi connectivity index (χ0v) is 11.6. The van der Waals surface area contributed by atoms with Crippen LogP contribution in [0.1, 0.15) is 6.42 Å². The van der Waals surface area contributed by atoms with Gasteiger partial charge >= 0.3 is 11.9 Å². The molecule has 1 atom stereocenters. The molecule has 0 unspecified atom stereocenters. The Morgan fingerprint density at radius 3 is 2.80 bits per heavy atom. The lowest BCUT2D eigenvalue weighted by molar-refractivity contribution is -0.157. The highest BCUT2D eigenvalue weighted by Crippen LogP contribution is 2.36. The molecule has 0 saturated heterocycles. The van der Waals surface area contributed by atoms with Crippen LogP contribution in [0.25, 0.3) is 0 Å². The van der Waals surface area contributed by atoms with Crippen LogP contribution in [0.2, 0.25) is 0 Å². The van der Waals surface area contributed by atoms with Crippen LogP contribution in [0.3, 0.4) is 0 Å². The predicted molar refractivity (Wildman–Crippen MR) is 72.3 cm³/mol. The molecule has 0 saturated carbocycles. The van der Waals surface area contributed by atoms with Gasteiger partial charge in [0.2, 0.25) is 5.91 Å². The summed E-state index contributed by atoms with van der Waals surface area (Å²) in [5.74, 6) is -1.49. The lowest BCUT2D eigenvalue weighted by Crippen LogP contribution is -2.31. The van der Waals surface area contributed by atoms with Crippen LogP contribution in [-0.4, -0.2) is 36.8 Å². The van der Waals surface area contributed by atoms with Gasteiger partial charge in [0.05, 0.1) is 24.5 Å². The number of nitrogens with one attached hydrogen (secondary N) is 1. The molecule has 1 aliphatic rings. The van der Waals surface area contributed by atoms with E-state index in [1.807, 2.05) is 18.2 Å². The van der Waals surface area contributed by atoms with Gasteiger partial charge in [-0.05, 0) is 12.1 Å². The van der Waals surface area contributed by atoms with E-state index in [2.05, 4.69) is 10.1 Å². The van der Waals surface area contributed by atoms with E-state index in [-0.39, 0.29) is 12.3 Å². The Balaban J connectivity index is 1.92. The molecule has 20 heavy (non-hydrogen) atoms. The van der Waals surface area contributed by atoms with Crippen molar-refractivity contribution in [2.24, 2.45) is 0 Å².